The Morgan fingerprint density at radius 2 is 2.05 bits per heavy atom. The largest absolute Gasteiger partial charge is 0.478 e. The standard InChI is InChI=1S/C15H20BrNO3/c1-3-5-6-10(4-2)14(18)17-13-8-7-11(16)9-12(13)15(19)20/h7-10H,3-6H2,1-2H3,(H,17,18)(H,19,20). The van der Waals surface area contributed by atoms with Crippen LogP contribution in [0.4, 0.5) is 5.69 Å². The van der Waals surface area contributed by atoms with E-state index in [0.29, 0.717) is 10.2 Å². The van der Waals surface area contributed by atoms with Gasteiger partial charge >= 0.3 is 5.97 Å². The molecule has 20 heavy (non-hydrogen) atoms. The van der Waals surface area contributed by atoms with Gasteiger partial charge in [-0.3, -0.25) is 4.79 Å². The molecule has 2 N–H and O–H groups in total. The van der Waals surface area contributed by atoms with Gasteiger partial charge in [0.25, 0.3) is 0 Å². The lowest BCUT2D eigenvalue weighted by Gasteiger charge is -2.16. The lowest BCUT2D eigenvalue weighted by atomic mass is 9.98. The molecule has 5 heteroatoms. The van der Waals surface area contributed by atoms with E-state index < -0.39 is 5.97 Å². The number of carbonyl (C=O) groups is 2. The highest BCUT2D eigenvalue weighted by Gasteiger charge is 2.19. The molecule has 0 fully saturated rings. The Labute approximate surface area is 127 Å². The molecule has 0 spiro atoms. The lowest BCUT2D eigenvalue weighted by molar-refractivity contribution is -0.120. The number of hydrogen-bond acceptors (Lipinski definition) is 2. The molecular weight excluding hydrogens is 322 g/mol. The number of benzene rings is 1. The summed E-state index contributed by atoms with van der Waals surface area (Å²) in [5, 5.41) is 11.9. The predicted molar refractivity (Wildman–Crippen MR) is 83.0 cm³/mol. The summed E-state index contributed by atoms with van der Waals surface area (Å²) >= 11 is 3.23. The van der Waals surface area contributed by atoms with Crippen LogP contribution in [0.2, 0.25) is 0 Å². The molecule has 1 atom stereocenters. The van der Waals surface area contributed by atoms with E-state index in [-0.39, 0.29) is 17.4 Å². The van der Waals surface area contributed by atoms with Gasteiger partial charge < -0.3 is 10.4 Å². The van der Waals surface area contributed by atoms with Crippen LogP contribution in [0, 0.1) is 5.92 Å². The molecule has 0 aromatic heterocycles. The summed E-state index contributed by atoms with van der Waals surface area (Å²) in [4.78, 5) is 23.4. The van der Waals surface area contributed by atoms with Gasteiger partial charge in [-0.25, -0.2) is 4.79 Å². The fraction of sp³-hybridized carbons (Fsp3) is 0.467. The van der Waals surface area contributed by atoms with Gasteiger partial charge in [0, 0.05) is 10.4 Å². The van der Waals surface area contributed by atoms with Crippen molar-refractivity contribution in [2.75, 3.05) is 5.32 Å². The number of aromatic carboxylic acids is 1. The Bertz CT molecular complexity index is 488. The Hall–Kier alpha value is -1.36. The average Bonchev–Trinajstić information content (AvgIpc) is 2.41. The van der Waals surface area contributed by atoms with E-state index in [2.05, 4.69) is 28.2 Å². The van der Waals surface area contributed by atoms with Gasteiger partial charge in [-0.2, -0.15) is 0 Å². The number of hydrogen-bond donors (Lipinski definition) is 2. The molecule has 1 amide bonds. The van der Waals surface area contributed by atoms with Crippen molar-refractivity contribution in [1.82, 2.24) is 0 Å². The first-order chi connectivity index (χ1) is 9.49. The maximum absolute atomic E-state index is 12.2. The number of unbranched alkanes of at least 4 members (excludes halogenated alkanes) is 1. The van der Waals surface area contributed by atoms with Gasteiger partial charge in [-0.15, -0.1) is 0 Å². The van der Waals surface area contributed by atoms with E-state index >= 15 is 0 Å². The minimum Gasteiger partial charge on any atom is -0.478 e. The molecule has 0 bridgehead atoms. The Balaban J connectivity index is 2.86. The van der Waals surface area contributed by atoms with Crippen molar-refractivity contribution >= 4 is 33.5 Å². The first-order valence-electron chi connectivity index (χ1n) is 6.83. The summed E-state index contributed by atoms with van der Waals surface area (Å²) < 4.78 is 0.672. The van der Waals surface area contributed by atoms with Crippen molar-refractivity contribution in [2.24, 2.45) is 5.92 Å². The van der Waals surface area contributed by atoms with Gasteiger partial charge in [0.1, 0.15) is 0 Å². The molecular formula is C15H20BrNO3. The Morgan fingerprint density at radius 3 is 2.60 bits per heavy atom. The minimum atomic E-state index is -1.05. The quantitative estimate of drug-likeness (QED) is 0.776. The van der Waals surface area contributed by atoms with Crippen molar-refractivity contribution in [2.45, 2.75) is 39.5 Å². The van der Waals surface area contributed by atoms with E-state index in [9.17, 15) is 9.59 Å². The number of amides is 1. The van der Waals surface area contributed by atoms with E-state index in [1.165, 1.54) is 6.07 Å². The zero-order valence-electron chi connectivity index (χ0n) is 11.8. The molecule has 4 nitrogen and oxygen atoms in total. The molecule has 0 aliphatic carbocycles. The predicted octanol–water partition coefficient (Wildman–Crippen LogP) is 4.30. The first-order valence-corrected chi connectivity index (χ1v) is 7.62. The number of carboxylic acids is 1. The summed E-state index contributed by atoms with van der Waals surface area (Å²) in [6.07, 6.45) is 3.63. The zero-order chi connectivity index (χ0) is 15.1. The zero-order valence-corrected chi connectivity index (χ0v) is 13.4. The van der Waals surface area contributed by atoms with Crippen molar-refractivity contribution in [3.05, 3.63) is 28.2 Å². The van der Waals surface area contributed by atoms with Crippen molar-refractivity contribution in [3.8, 4) is 0 Å². The van der Waals surface area contributed by atoms with Crippen LogP contribution in [0.5, 0.6) is 0 Å². The van der Waals surface area contributed by atoms with E-state index in [1.807, 2.05) is 6.92 Å². The molecule has 1 rings (SSSR count). The number of carboxylic acid groups (broad SMARTS) is 1. The van der Waals surface area contributed by atoms with Gasteiger partial charge in [-0.1, -0.05) is 42.6 Å². The summed E-state index contributed by atoms with van der Waals surface area (Å²) in [6, 6.07) is 4.82. The molecule has 0 heterocycles. The van der Waals surface area contributed by atoms with E-state index in [0.717, 1.165) is 25.7 Å². The number of rotatable bonds is 7. The van der Waals surface area contributed by atoms with Gasteiger partial charge in [-0.05, 0) is 31.0 Å². The second kappa shape index (κ2) is 8.04. The average molecular weight is 342 g/mol. The van der Waals surface area contributed by atoms with Crippen LogP contribution >= 0.6 is 15.9 Å². The highest BCUT2D eigenvalue weighted by atomic mass is 79.9. The third-order valence-electron chi connectivity index (χ3n) is 3.24. The van der Waals surface area contributed by atoms with Crippen LogP contribution in [-0.4, -0.2) is 17.0 Å². The van der Waals surface area contributed by atoms with Gasteiger partial charge in [0.2, 0.25) is 5.91 Å². The number of nitrogens with one attached hydrogen (secondary N) is 1. The number of halogens is 1. The molecule has 0 aliphatic heterocycles. The summed E-state index contributed by atoms with van der Waals surface area (Å²) in [5.41, 5.74) is 0.443. The first kappa shape index (κ1) is 16.7. The maximum atomic E-state index is 12.2. The van der Waals surface area contributed by atoms with Gasteiger partial charge in [0.05, 0.1) is 11.3 Å². The molecule has 0 saturated heterocycles. The topological polar surface area (TPSA) is 66.4 Å². The van der Waals surface area contributed by atoms with Crippen molar-refractivity contribution in [3.63, 3.8) is 0 Å². The van der Waals surface area contributed by atoms with E-state index in [1.54, 1.807) is 12.1 Å². The van der Waals surface area contributed by atoms with Crippen molar-refractivity contribution < 1.29 is 14.7 Å². The minimum absolute atomic E-state index is 0.0692. The smallest absolute Gasteiger partial charge is 0.337 e. The van der Waals surface area contributed by atoms with Crippen LogP contribution in [-0.2, 0) is 4.79 Å². The number of carbonyl (C=O) groups excluding carboxylic acids is 1. The second-order valence-corrected chi connectivity index (χ2v) is 5.65. The van der Waals surface area contributed by atoms with Gasteiger partial charge in [0.15, 0.2) is 0 Å². The van der Waals surface area contributed by atoms with Crippen LogP contribution in [0.15, 0.2) is 22.7 Å². The summed E-state index contributed by atoms with van der Waals surface area (Å²) in [7, 11) is 0. The van der Waals surface area contributed by atoms with Crippen LogP contribution in [0.3, 0.4) is 0 Å². The van der Waals surface area contributed by atoms with E-state index in [4.69, 9.17) is 5.11 Å². The molecule has 1 unspecified atom stereocenters. The van der Waals surface area contributed by atoms with Crippen molar-refractivity contribution in [1.29, 1.82) is 0 Å². The molecule has 110 valence electrons. The normalized spacial score (nSPS) is 11.9. The van der Waals surface area contributed by atoms with Crippen LogP contribution in [0.1, 0.15) is 49.9 Å². The fourth-order valence-electron chi connectivity index (χ4n) is 2.01. The summed E-state index contributed by atoms with van der Waals surface area (Å²) in [5.74, 6) is -1.23. The van der Waals surface area contributed by atoms with Crippen LogP contribution < -0.4 is 5.32 Å². The lowest BCUT2D eigenvalue weighted by Crippen LogP contribution is -2.23. The second-order valence-electron chi connectivity index (χ2n) is 4.73. The third kappa shape index (κ3) is 4.63. The molecule has 0 aliphatic rings. The fourth-order valence-corrected chi connectivity index (χ4v) is 2.37. The molecule has 1 aromatic carbocycles. The highest BCUT2D eigenvalue weighted by Crippen LogP contribution is 2.23. The Kier molecular flexibility index (Phi) is 6.71. The SMILES string of the molecule is CCCCC(CC)C(=O)Nc1ccc(Br)cc1C(=O)O. The third-order valence-corrected chi connectivity index (χ3v) is 3.73. The molecule has 0 saturated carbocycles. The molecule has 1 aromatic rings. The maximum Gasteiger partial charge on any atom is 0.337 e. The Morgan fingerprint density at radius 1 is 1.35 bits per heavy atom. The monoisotopic (exact) mass is 341 g/mol. The highest BCUT2D eigenvalue weighted by molar-refractivity contribution is 9.10. The summed E-state index contributed by atoms with van der Waals surface area (Å²) in [6.45, 7) is 4.06. The van der Waals surface area contributed by atoms with Crippen LogP contribution in [0.25, 0.3) is 0 Å². The number of anilines is 1. The molecule has 0 radical (unpaired) electrons.